The predicted octanol–water partition coefficient (Wildman–Crippen LogP) is 2.24. The van der Waals surface area contributed by atoms with E-state index in [1.165, 1.54) is 0 Å². The van der Waals surface area contributed by atoms with Crippen LogP contribution in [0.15, 0.2) is 29.2 Å². The minimum atomic E-state index is 0.706. The zero-order valence-corrected chi connectivity index (χ0v) is 8.34. The molecule has 0 spiro atoms. The van der Waals surface area contributed by atoms with E-state index in [1.54, 1.807) is 18.9 Å². The van der Waals surface area contributed by atoms with Gasteiger partial charge in [0.2, 0.25) is 0 Å². The van der Waals surface area contributed by atoms with Gasteiger partial charge in [0, 0.05) is 23.3 Å². The molecule has 0 unspecified atom stereocenters. The Bertz CT molecular complexity index is 273. The van der Waals surface area contributed by atoms with Gasteiger partial charge in [-0.2, -0.15) is 0 Å². The van der Waals surface area contributed by atoms with Gasteiger partial charge in [-0.25, -0.2) is 0 Å². The molecule has 0 heterocycles. The summed E-state index contributed by atoms with van der Waals surface area (Å²) in [6, 6.07) is 7.57. The standard InChI is InChI=1S/C10H12O2S/c1-12-6-7-13-10-5-3-2-4-9(10)8-11/h2-5,8H,6-7H2,1H3. The summed E-state index contributed by atoms with van der Waals surface area (Å²) in [6.45, 7) is 0.706. The van der Waals surface area contributed by atoms with Crippen molar-refractivity contribution in [1.82, 2.24) is 0 Å². The number of rotatable bonds is 5. The first-order valence-corrected chi connectivity index (χ1v) is 5.03. The highest BCUT2D eigenvalue weighted by atomic mass is 32.2. The van der Waals surface area contributed by atoms with Crippen molar-refractivity contribution in [2.75, 3.05) is 19.5 Å². The van der Waals surface area contributed by atoms with Gasteiger partial charge in [-0.1, -0.05) is 18.2 Å². The SMILES string of the molecule is COCCSc1ccccc1C=O. The molecule has 0 aliphatic carbocycles. The highest BCUT2D eigenvalue weighted by Crippen LogP contribution is 2.20. The summed E-state index contributed by atoms with van der Waals surface area (Å²) in [5.41, 5.74) is 0.753. The van der Waals surface area contributed by atoms with Crippen LogP contribution in [0.5, 0.6) is 0 Å². The molecule has 0 aliphatic rings. The van der Waals surface area contributed by atoms with E-state index in [9.17, 15) is 4.79 Å². The normalized spacial score (nSPS) is 9.92. The van der Waals surface area contributed by atoms with Gasteiger partial charge in [-0.3, -0.25) is 4.79 Å². The van der Waals surface area contributed by atoms with Crippen molar-refractivity contribution in [3.63, 3.8) is 0 Å². The second-order valence-electron chi connectivity index (χ2n) is 2.50. The second-order valence-corrected chi connectivity index (χ2v) is 3.63. The number of benzene rings is 1. The minimum Gasteiger partial charge on any atom is -0.384 e. The van der Waals surface area contributed by atoms with E-state index in [0.717, 1.165) is 22.5 Å². The van der Waals surface area contributed by atoms with Crippen LogP contribution in [0.2, 0.25) is 0 Å². The number of aldehydes is 1. The van der Waals surface area contributed by atoms with Crippen molar-refractivity contribution >= 4 is 18.0 Å². The van der Waals surface area contributed by atoms with Crippen LogP contribution >= 0.6 is 11.8 Å². The lowest BCUT2D eigenvalue weighted by Crippen LogP contribution is -1.92. The Hall–Kier alpha value is -0.800. The van der Waals surface area contributed by atoms with Gasteiger partial charge in [0.25, 0.3) is 0 Å². The molecule has 2 nitrogen and oxygen atoms in total. The molecule has 0 aromatic heterocycles. The topological polar surface area (TPSA) is 26.3 Å². The molecule has 0 atom stereocenters. The molecule has 0 fully saturated rings. The van der Waals surface area contributed by atoms with Gasteiger partial charge in [0.1, 0.15) is 0 Å². The molecule has 1 aromatic rings. The summed E-state index contributed by atoms with van der Waals surface area (Å²) in [4.78, 5) is 11.6. The second kappa shape index (κ2) is 5.78. The summed E-state index contributed by atoms with van der Waals surface area (Å²) in [6.07, 6.45) is 0.884. The number of carbonyl (C=O) groups is 1. The van der Waals surface area contributed by atoms with Crippen LogP contribution < -0.4 is 0 Å². The average Bonchev–Trinajstić information content (AvgIpc) is 2.19. The van der Waals surface area contributed by atoms with E-state index in [-0.39, 0.29) is 0 Å². The van der Waals surface area contributed by atoms with Crippen LogP contribution in [0, 0.1) is 0 Å². The van der Waals surface area contributed by atoms with Crippen molar-refractivity contribution in [2.24, 2.45) is 0 Å². The van der Waals surface area contributed by atoms with Crippen LogP contribution in [0.1, 0.15) is 10.4 Å². The summed E-state index contributed by atoms with van der Waals surface area (Å²) < 4.78 is 4.93. The molecule has 0 N–H and O–H groups in total. The molecule has 70 valence electrons. The van der Waals surface area contributed by atoms with Gasteiger partial charge < -0.3 is 4.74 Å². The van der Waals surface area contributed by atoms with Crippen LogP contribution in [-0.4, -0.2) is 25.8 Å². The van der Waals surface area contributed by atoms with Crippen molar-refractivity contribution < 1.29 is 9.53 Å². The monoisotopic (exact) mass is 196 g/mol. The maximum absolute atomic E-state index is 10.6. The molecular weight excluding hydrogens is 184 g/mol. The van der Waals surface area contributed by atoms with Gasteiger partial charge in [0.15, 0.2) is 6.29 Å². The Morgan fingerprint density at radius 2 is 2.23 bits per heavy atom. The van der Waals surface area contributed by atoms with Crippen LogP contribution in [-0.2, 0) is 4.74 Å². The molecule has 1 rings (SSSR count). The Morgan fingerprint density at radius 3 is 2.92 bits per heavy atom. The molecule has 0 saturated carbocycles. The number of ether oxygens (including phenoxy) is 1. The fourth-order valence-corrected chi connectivity index (χ4v) is 1.87. The zero-order chi connectivity index (χ0) is 9.52. The molecular formula is C10H12O2S. The molecule has 0 aliphatic heterocycles. The molecule has 13 heavy (non-hydrogen) atoms. The van der Waals surface area contributed by atoms with E-state index >= 15 is 0 Å². The largest absolute Gasteiger partial charge is 0.384 e. The summed E-state index contributed by atoms with van der Waals surface area (Å²) in [5, 5.41) is 0. The Kier molecular flexibility index (Phi) is 4.57. The van der Waals surface area contributed by atoms with E-state index in [2.05, 4.69) is 0 Å². The lowest BCUT2D eigenvalue weighted by atomic mass is 10.2. The average molecular weight is 196 g/mol. The molecule has 1 aromatic carbocycles. The minimum absolute atomic E-state index is 0.706. The van der Waals surface area contributed by atoms with Crippen LogP contribution in [0.25, 0.3) is 0 Å². The van der Waals surface area contributed by atoms with Gasteiger partial charge in [0.05, 0.1) is 6.61 Å². The number of thioether (sulfide) groups is 1. The summed E-state index contributed by atoms with van der Waals surface area (Å²) in [5.74, 6) is 0.876. The lowest BCUT2D eigenvalue weighted by molar-refractivity contribution is 0.112. The zero-order valence-electron chi connectivity index (χ0n) is 7.53. The first kappa shape index (κ1) is 10.3. The van der Waals surface area contributed by atoms with Crippen LogP contribution in [0.4, 0.5) is 0 Å². The van der Waals surface area contributed by atoms with Crippen LogP contribution in [0.3, 0.4) is 0 Å². The fourth-order valence-electron chi connectivity index (χ4n) is 0.944. The van der Waals surface area contributed by atoms with Gasteiger partial charge >= 0.3 is 0 Å². The van der Waals surface area contributed by atoms with Crippen molar-refractivity contribution in [1.29, 1.82) is 0 Å². The third-order valence-corrected chi connectivity index (χ3v) is 2.64. The van der Waals surface area contributed by atoms with E-state index in [0.29, 0.717) is 6.61 Å². The maximum Gasteiger partial charge on any atom is 0.151 e. The van der Waals surface area contributed by atoms with Gasteiger partial charge in [-0.15, -0.1) is 11.8 Å². The maximum atomic E-state index is 10.6. The Balaban J connectivity index is 2.59. The summed E-state index contributed by atoms with van der Waals surface area (Å²) >= 11 is 1.64. The molecule has 0 radical (unpaired) electrons. The van der Waals surface area contributed by atoms with E-state index in [1.807, 2.05) is 24.3 Å². The summed E-state index contributed by atoms with van der Waals surface area (Å²) in [7, 11) is 1.67. The van der Waals surface area contributed by atoms with Crippen molar-refractivity contribution in [3.05, 3.63) is 29.8 Å². The first-order valence-electron chi connectivity index (χ1n) is 4.04. The Morgan fingerprint density at radius 1 is 1.46 bits per heavy atom. The Labute approximate surface area is 82.3 Å². The quantitative estimate of drug-likeness (QED) is 0.410. The van der Waals surface area contributed by atoms with Crippen molar-refractivity contribution in [2.45, 2.75) is 4.90 Å². The third kappa shape index (κ3) is 3.20. The third-order valence-electron chi connectivity index (χ3n) is 1.59. The highest BCUT2D eigenvalue weighted by Gasteiger charge is 1.99. The number of hydrogen-bond donors (Lipinski definition) is 0. The molecule has 0 amide bonds. The first-order chi connectivity index (χ1) is 6.38. The number of hydrogen-bond acceptors (Lipinski definition) is 3. The number of carbonyl (C=O) groups excluding carboxylic acids is 1. The van der Waals surface area contributed by atoms with Crippen molar-refractivity contribution in [3.8, 4) is 0 Å². The van der Waals surface area contributed by atoms with E-state index in [4.69, 9.17) is 4.74 Å². The van der Waals surface area contributed by atoms with E-state index < -0.39 is 0 Å². The lowest BCUT2D eigenvalue weighted by Gasteiger charge is -2.02. The van der Waals surface area contributed by atoms with Gasteiger partial charge in [-0.05, 0) is 6.07 Å². The molecule has 0 bridgehead atoms. The fraction of sp³-hybridized carbons (Fsp3) is 0.300. The molecule has 3 heteroatoms. The highest BCUT2D eigenvalue weighted by molar-refractivity contribution is 7.99. The number of methoxy groups -OCH3 is 1. The smallest absolute Gasteiger partial charge is 0.151 e. The predicted molar refractivity (Wildman–Crippen MR) is 54.4 cm³/mol. The molecule has 0 saturated heterocycles.